The fraction of sp³-hybridized carbons (Fsp3) is 0.0714. The molecule has 0 spiro atoms. The number of aromatic nitrogens is 3. The van der Waals surface area contributed by atoms with E-state index in [0.717, 1.165) is 28.0 Å². The molecule has 0 amide bonds. The number of aryl methyl sites for hydroxylation is 1. The molecule has 0 bridgehead atoms. The van der Waals surface area contributed by atoms with Crippen LogP contribution in [0.4, 0.5) is 11.6 Å². The van der Waals surface area contributed by atoms with Crippen molar-refractivity contribution in [1.82, 2.24) is 15.0 Å². The van der Waals surface area contributed by atoms with Crippen molar-refractivity contribution in [3.8, 4) is 0 Å². The highest BCUT2D eigenvalue weighted by atomic mass is 127. The average molecular weight is 362 g/mol. The van der Waals surface area contributed by atoms with Gasteiger partial charge in [-0.25, -0.2) is 15.0 Å². The smallest absolute Gasteiger partial charge is 0.192 e. The van der Waals surface area contributed by atoms with E-state index in [0.29, 0.717) is 3.83 Å². The summed E-state index contributed by atoms with van der Waals surface area (Å²) in [6, 6.07) is 10.1. The summed E-state index contributed by atoms with van der Waals surface area (Å²) in [5.74, 6) is 1.61. The van der Waals surface area contributed by atoms with E-state index in [1.807, 2.05) is 37.4 Å². The molecule has 19 heavy (non-hydrogen) atoms. The van der Waals surface area contributed by atoms with Crippen molar-refractivity contribution in [3.05, 3.63) is 52.1 Å². The van der Waals surface area contributed by atoms with E-state index in [9.17, 15) is 0 Å². The first-order valence-corrected chi connectivity index (χ1v) is 6.92. The molecule has 94 valence electrons. The largest absolute Gasteiger partial charge is 0.324 e. The highest BCUT2D eigenvalue weighted by Crippen LogP contribution is 2.24. The van der Waals surface area contributed by atoms with E-state index >= 15 is 0 Å². The number of hydrogen-bond donors (Lipinski definition) is 1. The third-order valence-corrected chi connectivity index (χ3v) is 3.37. The molecule has 3 aromatic rings. The first kappa shape index (κ1) is 12.3. The maximum atomic E-state index is 4.40. The lowest BCUT2D eigenvalue weighted by Gasteiger charge is -2.09. The quantitative estimate of drug-likeness (QED) is 0.558. The van der Waals surface area contributed by atoms with Crippen LogP contribution in [0.25, 0.3) is 10.8 Å². The highest BCUT2D eigenvalue weighted by Gasteiger charge is 2.06. The van der Waals surface area contributed by atoms with Crippen molar-refractivity contribution in [2.24, 2.45) is 0 Å². The number of fused-ring (bicyclic) bond motifs is 1. The fourth-order valence-corrected chi connectivity index (χ4v) is 2.26. The first-order chi connectivity index (χ1) is 9.24. The Kier molecular flexibility index (Phi) is 3.29. The van der Waals surface area contributed by atoms with Gasteiger partial charge in [0.2, 0.25) is 0 Å². The summed E-state index contributed by atoms with van der Waals surface area (Å²) in [5, 5.41) is 5.52. The molecular formula is C14H11IN4. The van der Waals surface area contributed by atoms with Crippen molar-refractivity contribution in [1.29, 1.82) is 0 Å². The Labute approximate surface area is 124 Å². The van der Waals surface area contributed by atoms with Gasteiger partial charge in [0.05, 0.1) is 0 Å². The molecule has 0 saturated heterocycles. The Balaban J connectivity index is 2.08. The predicted molar refractivity (Wildman–Crippen MR) is 84.5 cm³/mol. The second-order valence-electron chi connectivity index (χ2n) is 4.18. The molecule has 3 rings (SSSR count). The summed E-state index contributed by atoms with van der Waals surface area (Å²) in [6.07, 6.45) is 3.61. The van der Waals surface area contributed by atoms with Gasteiger partial charge in [-0.05, 0) is 18.4 Å². The van der Waals surface area contributed by atoms with Crippen LogP contribution in [0.2, 0.25) is 0 Å². The zero-order chi connectivity index (χ0) is 13.2. The Hall–Kier alpha value is -1.76. The minimum absolute atomic E-state index is 0.714. The molecule has 2 heterocycles. The van der Waals surface area contributed by atoms with Gasteiger partial charge in [0, 0.05) is 45.9 Å². The van der Waals surface area contributed by atoms with Gasteiger partial charge in [-0.1, -0.05) is 24.3 Å². The number of pyridine rings is 1. The fourth-order valence-electron chi connectivity index (χ4n) is 1.88. The molecule has 0 atom stereocenters. The van der Waals surface area contributed by atoms with E-state index in [2.05, 4.69) is 48.9 Å². The molecule has 1 aromatic carbocycles. The standard InChI is InChI=1S/C14H11IN4/c1-9-8-17-14(15)19-12(9)18-13-11-5-3-2-4-10(11)6-7-16-13/h2-8H,1H3,(H,16,17,18,19). The van der Waals surface area contributed by atoms with Crippen molar-refractivity contribution in [3.63, 3.8) is 0 Å². The van der Waals surface area contributed by atoms with E-state index in [1.165, 1.54) is 0 Å². The number of halogens is 1. The lowest BCUT2D eigenvalue weighted by atomic mass is 10.1. The van der Waals surface area contributed by atoms with Gasteiger partial charge in [-0.15, -0.1) is 0 Å². The van der Waals surface area contributed by atoms with Gasteiger partial charge in [0.15, 0.2) is 3.83 Å². The van der Waals surface area contributed by atoms with Crippen molar-refractivity contribution in [2.45, 2.75) is 6.92 Å². The maximum Gasteiger partial charge on any atom is 0.192 e. The van der Waals surface area contributed by atoms with Gasteiger partial charge in [-0.2, -0.15) is 0 Å². The lowest BCUT2D eigenvalue weighted by Crippen LogP contribution is -2.01. The number of rotatable bonds is 2. The van der Waals surface area contributed by atoms with Crippen LogP contribution in [0.5, 0.6) is 0 Å². The summed E-state index contributed by atoms with van der Waals surface area (Å²) >= 11 is 2.10. The number of nitrogens with zero attached hydrogens (tertiary/aromatic N) is 3. The van der Waals surface area contributed by atoms with Crippen LogP contribution >= 0.6 is 22.6 Å². The molecule has 0 fully saturated rings. The van der Waals surface area contributed by atoms with E-state index in [4.69, 9.17) is 0 Å². The van der Waals surface area contributed by atoms with Crippen LogP contribution in [-0.2, 0) is 0 Å². The molecule has 0 aliphatic rings. The molecule has 4 nitrogen and oxygen atoms in total. The second-order valence-corrected chi connectivity index (χ2v) is 5.14. The van der Waals surface area contributed by atoms with Gasteiger partial charge < -0.3 is 5.32 Å². The molecule has 0 aliphatic heterocycles. The number of nitrogens with one attached hydrogen (secondary N) is 1. The summed E-state index contributed by atoms with van der Waals surface area (Å²) in [6.45, 7) is 1.98. The van der Waals surface area contributed by atoms with Crippen molar-refractivity contribution >= 4 is 45.0 Å². The molecule has 1 N–H and O–H groups in total. The van der Waals surface area contributed by atoms with Crippen LogP contribution < -0.4 is 5.32 Å². The third kappa shape index (κ3) is 2.51. The Bertz CT molecular complexity index is 737. The molecule has 0 radical (unpaired) electrons. The topological polar surface area (TPSA) is 50.7 Å². The van der Waals surface area contributed by atoms with Crippen molar-refractivity contribution < 1.29 is 0 Å². The number of hydrogen-bond acceptors (Lipinski definition) is 4. The summed E-state index contributed by atoms with van der Waals surface area (Å²) in [5.41, 5.74) is 0.996. The van der Waals surface area contributed by atoms with Crippen LogP contribution in [0, 0.1) is 10.8 Å². The first-order valence-electron chi connectivity index (χ1n) is 5.84. The SMILES string of the molecule is Cc1cnc(I)nc1Nc1nccc2ccccc12. The zero-order valence-corrected chi connectivity index (χ0v) is 12.4. The summed E-state index contributed by atoms with van der Waals surface area (Å²) < 4.78 is 0.714. The van der Waals surface area contributed by atoms with Gasteiger partial charge in [0.25, 0.3) is 0 Å². The minimum Gasteiger partial charge on any atom is -0.324 e. The number of benzene rings is 1. The van der Waals surface area contributed by atoms with Crippen LogP contribution in [-0.4, -0.2) is 15.0 Å². The van der Waals surface area contributed by atoms with Gasteiger partial charge in [-0.3, -0.25) is 0 Å². The van der Waals surface area contributed by atoms with Gasteiger partial charge >= 0.3 is 0 Å². The lowest BCUT2D eigenvalue weighted by molar-refractivity contribution is 1.08. The molecule has 0 unspecified atom stereocenters. The monoisotopic (exact) mass is 362 g/mol. The van der Waals surface area contributed by atoms with Crippen LogP contribution in [0.15, 0.2) is 42.7 Å². The number of anilines is 2. The normalized spacial score (nSPS) is 10.6. The third-order valence-electron chi connectivity index (χ3n) is 2.85. The zero-order valence-electron chi connectivity index (χ0n) is 10.3. The molecule has 0 saturated carbocycles. The Morgan fingerprint density at radius 1 is 1.05 bits per heavy atom. The van der Waals surface area contributed by atoms with E-state index < -0.39 is 0 Å². The van der Waals surface area contributed by atoms with Crippen molar-refractivity contribution in [2.75, 3.05) is 5.32 Å². The minimum atomic E-state index is 0.714. The molecular weight excluding hydrogens is 351 g/mol. The predicted octanol–water partition coefficient (Wildman–Crippen LogP) is 3.68. The maximum absolute atomic E-state index is 4.40. The molecule has 0 aliphatic carbocycles. The summed E-state index contributed by atoms with van der Waals surface area (Å²) in [7, 11) is 0. The molecule has 2 aromatic heterocycles. The van der Waals surface area contributed by atoms with Crippen LogP contribution in [0.1, 0.15) is 5.56 Å². The van der Waals surface area contributed by atoms with Crippen LogP contribution in [0.3, 0.4) is 0 Å². The Morgan fingerprint density at radius 3 is 2.79 bits per heavy atom. The Morgan fingerprint density at radius 2 is 1.89 bits per heavy atom. The average Bonchev–Trinajstić information content (AvgIpc) is 2.43. The van der Waals surface area contributed by atoms with E-state index in [1.54, 1.807) is 6.20 Å². The van der Waals surface area contributed by atoms with Gasteiger partial charge in [0.1, 0.15) is 11.6 Å². The summed E-state index contributed by atoms with van der Waals surface area (Å²) in [4.78, 5) is 13.0. The highest BCUT2D eigenvalue weighted by molar-refractivity contribution is 14.1. The molecule has 5 heteroatoms. The van der Waals surface area contributed by atoms with E-state index in [-0.39, 0.29) is 0 Å². The second kappa shape index (κ2) is 5.08.